The summed E-state index contributed by atoms with van der Waals surface area (Å²) >= 11 is 7.83. The molecule has 1 saturated heterocycles. The minimum absolute atomic E-state index is 0.168. The quantitative estimate of drug-likeness (QED) is 0.338. The van der Waals surface area contributed by atoms with Gasteiger partial charge in [0, 0.05) is 5.56 Å². The minimum Gasteiger partial charge on any atom is -0.490 e. The van der Waals surface area contributed by atoms with E-state index in [9.17, 15) is 10.1 Å². The lowest BCUT2D eigenvalue weighted by molar-refractivity contribution is -0.115. The molecule has 0 unspecified atom stereocenters. The fraction of sp³-hybridized carbons (Fsp3) is 0.179. The third-order valence-corrected chi connectivity index (χ3v) is 6.56. The molecule has 1 aliphatic rings. The number of hydrogen-bond donors (Lipinski definition) is 1. The molecular formula is C28H24ClN3O3S. The van der Waals surface area contributed by atoms with Gasteiger partial charge in [0.05, 0.1) is 33.9 Å². The number of nitrogens with one attached hydrogen (secondary N) is 1. The molecule has 1 N–H and O–H groups in total. The molecule has 3 aromatic carbocycles. The SMILES string of the molecule is CCOc1cc(/C=C2\SC(=Nc3ccc(CC)cc3)NC2=O)cc(Cl)c1OCc1ccccc1C#N. The molecule has 0 radical (unpaired) electrons. The zero-order chi connectivity index (χ0) is 25.5. The number of amides is 1. The van der Waals surface area contributed by atoms with Gasteiger partial charge in [-0.3, -0.25) is 4.79 Å². The summed E-state index contributed by atoms with van der Waals surface area (Å²) in [4.78, 5) is 17.6. The van der Waals surface area contributed by atoms with Crippen molar-refractivity contribution in [1.29, 1.82) is 5.26 Å². The second kappa shape index (κ2) is 11.8. The van der Waals surface area contributed by atoms with Gasteiger partial charge in [0.25, 0.3) is 5.91 Å². The lowest BCUT2D eigenvalue weighted by Crippen LogP contribution is -2.19. The summed E-state index contributed by atoms with van der Waals surface area (Å²) in [6, 6.07) is 20.8. The molecule has 0 aromatic heterocycles. The van der Waals surface area contributed by atoms with Gasteiger partial charge in [0.15, 0.2) is 16.7 Å². The Kier molecular flexibility index (Phi) is 8.32. The lowest BCUT2D eigenvalue weighted by Gasteiger charge is -2.15. The van der Waals surface area contributed by atoms with Crippen LogP contribution in [0.1, 0.15) is 36.1 Å². The first-order valence-electron chi connectivity index (χ1n) is 11.5. The zero-order valence-electron chi connectivity index (χ0n) is 19.9. The topological polar surface area (TPSA) is 83.7 Å². The molecule has 182 valence electrons. The average Bonchev–Trinajstić information content (AvgIpc) is 3.22. The summed E-state index contributed by atoms with van der Waals surface area (Å²) in [5.74, 6) is 0.612. The van der Waals surface area contributed by atoms with Crippen molar-refractivity contribution < 1.29 is 14.3 Å². The molecule has 1 aliphatic heterocycles. The largest absolute Gasteiger partial charge is 0.490 e. The van der Waals surface area contributed by atoms with E-state index in [1.165, 1.54) is 17.3 Å². The number of carbonyl (C=O) groups excluding carboxylic acids is 1. The summed E-state index contributed by atoms with van der Waals surface area (Å²) < 4.78 is 11.7. The van der Waals surface area contributed by atoms with Crippen LogP contribution in [-0.4, -0.2) is 17.7 Å². The van der Waals surface area contributed by atoms with Crippen molar-refractivity contribution in [2.24, 2.45) is 4.99 Å². The first-order chi connectivity index (χ1) is 17.5. The van der Waals surface area contributed by atoms with Gasteiger partial charge in [-0.05, 0) is 72.6 Å². The van der Waals surface area contributed by atoms with Crippen LogP contribution in [0, 0.1) is 11.3 Å². The van der Waals surface area contributed by atoms with Crippen LogP contribution in [-0.2, 0) is 17.8 Å². The first-order valence-corrected chi connectivity index (χ1v) is 12.7. The van der Waals surface area contributed by atoms with Crippen LogP contribution >= 0.6 is 23.4 Å². The van der Waals surface area contributed by atoms with Gasteiger partial charge in [-0.1, -0.05) is 48.9 Å². The van der Waals surface area contributed by atoms with Crippen molar-refractivity contribution in [3.63, 3.8) is 0 Å². The number of thioether (sulfide) groups is 1. The van der Waals surface area contributed by atoms with Crippen LogP contribution in [0.15, 0.2) is 70.6 Å². The predicted molar refractivity (Wildman–Crippen MR) is 145 cm³/mol. The molecule has 0 aliphatic carbocycles. The molecular weight excluding hydrogens is 494 g/mol. The van der Waals surface area contributed by atoms with Gasteiger partial charge < -0.3 is 14.8 Å². The normalized spacial score (nSPS) is 15.1. The monoisotopic (exact) mass is 517 g/mol. The van der Waals surface area contributed by atoms with E-state index < -0.39 is 0 Å². The van der Waals surface area contributed by atoms with Gasteiger partial charge in [-0.15, -0.1) is 0 Å². The number of carbonyl (C=O) groups is 1. The Morgan fingerprint density at radius 3 is 2.61 bits per heavy atom. The Morgan fingerprint density at radius 1 is 1.11 bits per heavy atom. The van der Waals surface area contributed by atoms with Crippen molar-refractivity contribution in [3.8, 4) is 17.6 Å². The van der Waals surface area contributed by atoms with E-state index in [4.69, 9.17) is 21.1 Å². The fourth-order valence-electron chi connectivity index (χ4n) is 3.53. The van der Waals surface area contributed by atoms with E-state index in [2.05, 4.69) is 23.3 Å². The molecule has 36 heavy (non-hydrogen) atoms. The van der Waals surface area contributed by atoms with E-state index >= 15 is 0 Å². The molecule has 0 bridgehead atoms. The van der Waals surface area contributed by atoms with Crippen LogP contribution in [0.5, 0.6) is 11.5 Å². The molecule has 3 aromatic rings. The van der Waals surface area contributed by atoms with Crippen molar-refractivity contribution >= 4 is 46.2 Å². The Labute approximate surface area is 219 Å². The number of amidine groups is 1. The summed E-state index contributed by atoms with van der Waals surface area (Å²) in [6.07, 6.45) is 2.70. The van der Waals surface area contributed by atoms with Gasteiger partial charge in [0.1, 0.15) is 6.61 Å². The van der Waals surface area contributed by atoms with Gasteiger partial charge in [-0.2, -0.15) is 5.26 Å². The van der Waals surface area contributed by atoms with E-state index in [1.807, 2.05) is 43.3 Å². The maximum atomic E-state index is 12.6. The van der Waals surface area contributed by atoms with Gasteiger partial charge in [-0.25, -0.2) is 4.99 Å². The van der Waals surface area contributed by atoms with Crippen molar-refractivity contribution in [3.05, 3.63) is 92.8 Å². The Balaban J connectivity index is 1.55. The highest BCUT2D eigenvalue weighted by molar-refractivity contribution is 8.18. The van der Waals surface area contributed by atoms with E-state index in [-0.39, 0.29) is 12.5 Å². The van der Waals surface area contributed by atoms with Crippen molar-refractivity contribution in [1.82, 2.24) is 5.32 Å². The molecule has 0 spiro atoms. The maximum Gasteiger partial charge on any atom is 0.264 e. The van der Waals surface area contributed by atoms with E-state index in [0.29, 0.717) is 44.3 Å². The number of rotatable bonds is 8. The second-order valence-corrected chi connectivity index (χ2v) is 9.26. The molecule has 1 heterocycles. The van der Waals surface area contributed by atoms with Crippen LogP contribution in [0.3, 0.4) is 0 Å². The Bertz CT molecular complexity index is 1380. The Morgan fingerprint density at radius 2 is 1.89 bits per heavy atom. The van der Waals surface area contributed by atoms with Crippen LogP contribution in [0.4, 0.5) is 5.69 Å². The molecule has 0 atom stereocenters. The number of halogens is 1. The molecule has 8 heteroatoms. The average molecular weight is 518 g/mol. The smallest absolute Gasteiger partial charge is 0.264 e. The summed E-state index contributed by atoms with van der Waals surface area (Å²) in [5.41, 5.74) is 3.99. The molecule has 4 rings (SSSR count). The molecule has 6 nitrogen and oxygen atoms in total. The standard InChI is InChI=1S/C28H24ClN3O3S/c1-3-18-9-11-22(12-10-18)31-28-32-27(33)25(36-28)15-19-13-23(29)26(24(14-19)34-4-2)35-17-21-8-6-5-7-20(21)16-30/h5-15H,3-4,17H2,1-2H3,(H,31,32,33)/b25-15-. The lowest BCUT2D eigenvalue weighted by atomic mass is 10.1. The Hall–Kier alpha value is -3.73. The number of hydrogen-bond acceptors (Lipinski definition) is 6. The molecule has 1 fully saturated rings. The van der Waals surface area contributed by atoms with E-state index in [1.54, 1.807) is 30.3 Å². The minimum atomic E-state index is -0.230. The van der Waals surface area contributed by atoms with Gasteiger partial charge in [0.2, 0.25) is 0 Å². The number of ether oxygens (including phenoxy) is 2. The number of benzene rings is 3. The highest BCUT2D eigenvalue weighted by atomic mass is 35.5. The van der Waals surface area contributed by atoms with Crippen molar-refractivity contribution in [2.45, 2.75) is 26.9 Å². The third kappa shape index (κ3) is 6.09. The first kappa shape index (κ1) is 25.4. The number of nitriles is 1. The predicted octanol–water partition coefficient (Wildman–Crippen LogP) is 6.64. The highest BCUT2D eigenvalue weighted by Gasteiger charge is 2.24. The summed E-state index contributed by atoms with van der Waals surface area (Å²) in [6.45, 7) is 4.54. The van der Waals surface area contributed by atoms with E-state index in [0.717, 1.165) is 17.7 Å². The third-order valence-electron chi connectivity index (χ3n) is 5.37. The van der Waals surface area contributed by atoms with Crippen molar-refractivity contribution in [2.75, 3.05) is 6.61 Å². The number of aryl methyl sites for hydroxylation is 1. The summed E-state index contributed by atoms with van der Waals surface area (Å²) in [7, 11) is 0. The van der Waals surface area contributed by atoms with Crippen LogP contribution in [0.2, 0.25) is 5.02 Å². The molecule has 0 saturated carbocycles. The van der Waals surface area contributed by atoms with Crippen LogP contribution < -0.4 is 14.8 Å². The number of aliphatic imine (C=N–C) groups is 1. The zero-order valence-corrected chi connectivity index (χ0v) is 21.4. The fourth-order valence-corrected chi connectivity index (χ4v) is 4.65. The summed E-state index contributed by atoms with van der Waals surface area (Å²) in [5, 5.41) is 13.0. The second-order valence-electron chi connectivity index (χ2n) is 7.82. The van der Waals surface area contributed by atoms with Crippen LogP contribution in [0.25, 0.3) is 6.08 Å². The van der Waals surface area contributed by atoms with Gasteiger partial charge >= 0.3 is 0 Å². The highest BCUT2D eigenvalue weighted by Crippen LogP contribution is 2.39. The number of nitrogens with zero attached hydrogens (tertiary/aromatic N) is 2. The maximum absolute atomic E-state index is 12.6. The molecule has 1 amide bonds.